The van der Waals surface area contributed by atoms with Crippen LogP contribution in [-0.2, 0) is 13.0 Å². The molecule has 0 fully saturated rings. The number of aromatic nitrogens is 1. The average Bonchev–Trinajstić information content (AvgIpc) is 2.27. The maximum Gasteiger partial charge on any atom is 0.128 e. The molecule has 0 aliphatic heterocycles. The molecule has 3 nitrogen and oxygen atoms in total. The summed E-state index contributed by atoms with van der Waals surface area (Å²) in [6.45, 7) is 10.9. The lowest BCUT2D eigenvalue weighted by molar-refractivity contribution is 0.417. The third kappa shape index (κ3) is 5.60. The van der Waals surface area contributed by atoms with Crippen LogP contribution < -0.4 is 10.2 Å². The molecule has 0 spiro atoms. The number of nitrogens with zero attached hydrogens (tertiary/aromatic N) is 2. The van der Waals surface area contributed by atoms with E-state index in [2.05, 4.69) is 57.1 Å². The van der Waals surface area contributed by atoms with Gasteiger partial charge in [0.1, 0.15) is 5.82 Å². The third-order valence-corrected chi connectivity index (χ3v) is 2.91. The fraction of sp³-hybridized carbons (Fsp3) is 0.688. The predicted octanol–water partition coefficient (Wildman–Crippen LogP) is 3.24. The van der Waals surface area contributed by atoms with Crippen molar-refractivity contribution in [3.05, 3.63) is 23.4 Å². The topological polar surface area (TPSA) is 28.2 Å². The molecule has 0 radical (unpaired) electrons. The van der Waals surface area contributed by atoms with Gasteiger partial charge in [0.2, 0.25) is 0 Å². The number of nitrogens with one attached hydrogen (secondary N) is 1. The van der Waals surface area contributed by atoms with Crippen LogP contribution in [0.4, 0.5) is 5.82 Å². The van der Waals surface area contributed by atoms with Crippen molar-refractivity contribution in [1.29, 1.82) is 0 Å². The van der Waals surface area contributed by atoms with Crippen LogP contribution in [0.25, 0.3) is 0 Å². The molecule has 19 heavy (non-hydrogen) atoms. The zero-order chi connectivity index (χ0) is 14.5. The lowest BCUT2D eigenvalue weighted by Crippen LogP contribution is -2.30. The first kappa shape index (κ1) is 16.0. The van der Waals surface area contributed by atoms with E-state index in [-0.39, 0.29) is 5.41 Å². The first-order valence-electron chi connectivity index (χ1n) is 7.21. The Bertz CT molecular complexity index is 369. The Hall–Kier alpha value is -1.09. The fourth-order valence-corrected chi connectivity index (χ4v) is 2.31. The van der Waals surface area contributed by atoms with Gasteiger partial charge in [-0.05, 0) is 36.6 Å². The summed E-state index contributed by atoms with van der Waals surface area (Å²) in [5.74, 6) is 1.09. The Morgan fingerprint density at radius 3 is 2.47 bits per heavy atom. The average molecular weight is 263 g/mol. The van der Waals surface area contributed by atoms with Crippen molar-refractivity contribution in [2.75, 3.05) is 25.5 Å². The van der Waals surface area contributed by atoms with Crippen molar-refractivity contribution in [2.24, 2.45) is 5.41 Å². The number of rotatable bonds is 6. The second kappa shape index (κ2) is 6.90. The molecule has 0 amide bonds. The standard InChI is InChI=1S/C16H29N3/c1-7-8-14-9-13(11-17-5)10-15(18-14)19(6)12-16(2,3)4/h9-10,17H,7-8,11-12H2,1-6H3. The van der Waals surface area contributed by atoms with Gasteiger partial charge in [-0.25, -0.2) is 4.98 Å². The van der Waals surface area contributed by atoms with Crippen LogP contribution in [0.3, 0.4) is 0 Å². The van der Waals surface area contributed by atoms with E-state index in [1.807, 2.05) is 7.05 Å². The molecule has 1 aromatic heterocycles. The molecule has 108 valence electrons. The van der Waals surface area contributed by atoms with E-state index < -0.39 is 0 Å². The molecule has 1 heterocycles. The normalized spacial score (nSPS) is 11.7. The van der Waals surface area contributed by atoms with Crippen molar-refractivity contribution in [2.45, 2.75) is 47.1 Å². The predicted molar refractivity (Wildman–Crippen MR) is 83.7 cm³/mol. The SMILES string of the molecule is CCCc1cc(CNC)cc(N(C)CC(C)(C)C)n1. The second-order valence-electron chi connectivity index (χ2n) is 6.52. The molecule has 3 heteroatoms. The van der Waals surface area contributed by atoms with Crippen LogP contribution in [0, 0.1) is 5.41 Å². The summed E-state index contributed by atoms with van der Waals surface area (Å²) in [5.41, 5.74) is 2.79. The van der Waals surface area contributed by atoms with E-state index in [9.17, 15) is 0 Å². The van der Waals surface area contributed by atoms with Gasteiger partial charge in [-0.1, -0.05) is 34.1 Å². The molecule has 0 atom stereocenters. The van der Waals surface area contributed by atoms with E-state index in [1.165, 1.54) is 11.3 Å². The molecule has 0 aliphatic carbocycles. The zero-order valence-electron chi connectivity index (χ0n) is 13.4. The first-order chi connectivity index (χ1) is 8.85. The maximum absolute atomic E-state index is 4.79. The number of anilines is 1. The smallest absolute Gasteiger partial charge is 0.128 e. The third-order valence-electron chi connectivity index (χ3n) is 2.91. The van der Waals surface area contributed by atoms with E-state index >= 15 is 0 Å². The molecule has 1 N–H and O–H groups in total. The Morgan fingerprint density at radius 1 is 1.26 bits per heavy atom. The van der Waals surface area contributed by atoms with Crippen molar-refractivity contribution in [3.8, 4) is 0 Å². The zero-order valence-corrected chi connectivity index (χ0v) is 13.4. The van der Waals surface area contributed by atoms with E-state index in [4.69, 9.17) is 4.98 Å². The lowest BCUT2D eigenvalue weighted by atomic mass is 9.96. The van der Waals surface area contributed by atoms with Crippen LogP contribution >= 0.6 is 0 Å². The molecule has 1 aromatic rings. The van der Waals surface area contributed by atoms with Gasteiger partial charge in [-0.2, -0.15) is 0 Å². The molecule has 0 unspecified atom stereocenters. The van der Waals surface area contributed by atoms with Gasteiger partial charge in [0.25, 0.3) is 0 Å². The summed E-state index contributed by atoms with van der Waals surface area (Å²) in [6, 6.07) is 4.41. The van der Waals surface area contributed by atoms with Crippen LogP contribution in [0.1, 0.15) is 45.4 Å². The first-order valence-corrected chi connectivity index (χ1v) is 7.21. The molecule has 0 saturated heterocycles. The monoisotopic (exact) mass is 263 g/mol. The molecular weight excluding hydrogens is 234 g/mol. The van der Waals surface area contributed by atoms with Gasteiger partial charge in [0, 0.05) is 25.8 Å². The van der Waals surface area contributed by atoms with Crippen molar-refractivity contribution >= 4 is 5.82 Å². The quantitative estimate of drug-likeness (QED) is 0.854. The van der Waals surface area contributed by atoms with Gasteiger partial charge >= 0.3 is 0 Å². The van der Waals surface area contributed by atoms with Gasteiger partial charge < -0.3 is 10.2 Å². The summed E-state index contributed by atoms with van der Waals surface area (Å²) >= 11 is 0. The molecule has 0 saturated carbocycles. The molecule has 0 aromatic carbocycles. The van der Waals surface area contributed by atoms with Crippen LogP contribution in [0.2, 0.25) is 0 Å². The van der Waals surface area contributed by atoms with Crippen molar-refractivity contribution < 1.29 is 0 Å². The fourth-order valence-electron chi connectivity index (χ4n) is 2.31. The van der Waals surface area contributed by atoms with E-state index in [0.717, 1.165) is 31.7 Å². The number of hydrogen-bond donors (Lipinski definition) is 1. The number of aryl methyl sites for hydroxylation is 1. The molecule has 0 aliphatic rings. The number of hydrogen-bond acceptors (Lipinski definition) is 3. The largest absolute Gasteiger partial charge is 0.359 e. The van der Waals surface area contributed by atoms with Gasteiger partial charge in [-0.15, -0.1) is 0 Å². The summed E-state index contributed by atoms with van der Waals surface area (Å²) in [6.07, 6.45) is 2.19. The minimum absolute atomic E-state index is 0.278. The van der Waals surface area contributed by atoms with Gasteiger partial charge in [0.15, 0.2) is 0 Å². The highest BCUT2D eigenvalue weighted by atomic mass is 15.2. The van der Waals surface area contributed by atoms with Gasteiger partial charge in [0.05, 0.1) is 0 Å². The van der Waals surface area contributed by atoms with Crippen LogP contribution in [-0.4, -0.2) is 25.6 Å². The van der Waals surface area contributed by atoms with E-state index in [1.54, 1.807) is 0 Å². The minimum atomic E-state index is 0.278. The summed E-state index contributed by atoms with van der Waals surface area (Å²) in [5, 5.41) is 3.22. The van der Waals surface area contributed by atoms with Crippen molar-refractivity contribution in [1.82, 2.24) is 10.3 Å². The number of pyridine rings is 1. The molecule has 1 rings (SSSR count). The van der Waals surface area contributed by atoms with E-state index in [0.29, 0.717) is 0 Å². The second-order valence-corrected chi connectivity index (χ2v) is 6.52. The van der Waals surface area contributed by atoms with Crippen molar-refractivity contribution in [3.63, 3.8) is 0 Å². The van der Waals surface area contributed by atoms with Crippen LogP contribution in [0.15, 0.2) is 12.1 Å². The molecular formula is C16H29N3. The highest BCUT2D eigenvalue weighted by Crippen LogP contribution is 2.20. The Kier molecular flexibility index (Phi) is 5.80. The summed E-state index contributed by atoms with van der Waals surface area (Å²) < 4.78 is 0. The highest BCUT2D eigenvalue weighted by molar-refractivity contribution is 5.42. The summed E-state index contributed by atoms with van der Waals surface area (Å²) in [7, 11) is 4.12. The Balaban J connectivity index is 2.97. The highest BCUT2D eigenvalue weighted by Gasteiger charge is 2.15. The maximum atomic E-state index is 4.79. The Morgan fingerprint density at radius 2 is 1.95 bits per heavy atom. The van der Waals surface area contributed by atoms with Crippen LogP contribution in [0.5, 0.6) is 0 Å². The molecule has 0 bridgehead atoms. The minimum Gasteiger partial charge on any atom is -0.359 e. The Labute approximate surface area is 118 Å². The summed E-state index contributed by atoms with van der Waals surface area (Å²) in [4.78, 5) is 7.05. The lowest BCUT2D eigenvalue weighted by Gasteiger charge is -2.28. The van der Waals surface area contributed by atoms with Gasteiger partial charge in [-0.3, -0.25) is 0 Å².